The van der Waals surface area contributed by atoms with Crippen LogP contribution >= 0.6 is 45.9 Å². The maximum absolute atomic E-state index is 12.2. The molecule has 2 aliphatic rings. The van der Waals surface area contributed by atoms with Gasteiger partial charge in [0, 0.05) is 66.5 Å². The van der Waals surface area contributed by atoms with Crippen LogP contribution in [0, 0.1) is 32.1 Å². The van der Waals surface area contributed by atoms with Crippen molar-refractivity contribution in [3.63, 3.8) is 0 Å². The lowest BCUT2D eigenvalue weighted by Crippen LogP contribution is -2.53. The number of ether oxygens (including phenoxy) is 3. The molecule has 4 N–H and O–H groups in total. The van der Waals surface area contributed by atoms with E-state index in [1.54, 1.807) is 61.3 Å². The highest BCUT2D eigenvalue weighted by Crippen LogP contribution is 2.33. The quantitative estimate of drug-likeness (QED) is 0.0493. The third-order valence-electron chi connectivity index (χ3n) is 8.19. The number of hydrogen-bond donors (Lipinski definition) is 3. The molecule has 332 valence electrons. The van der Waals surface area contributed by atoms with E-state index in [0.717, 1.165) is 20.9 Å². The summed E-state index contributed by atoms with van der Waals surface area (Å²) in [6.07, 6.45) is -1.46. The Bertz CT molecular complexity index is 2070. The summed E-state index contributed by atoms with van der Waals surface area (Å²) in [5.74, 6) is 0.239. The van der Waals surface area contributed by atoms with Gasteiger partial charge in [0.25, 0.3) is 11.4 Å². The van der Waals surface area contributed by atoms with E-state index >= 15 is 0 Å². The van der Waals surface area contributed by atoms with E-state index in [2.05, 4.69) is 5.32 Å². The Kier molecular flexibility index (Phi) is 19.0. The molecule has 0 radical (unpaired) electrons. The van der Waals surface area contributed by atoms with Gasteiger partial charge >= 0.3 is 18.3 Å². The first-order valence-corrected chi connectivity index (χ1v) is 21.5. The summed E-state index contributed by atoms with van der Waals surface area (Å²) < 4.78 is 15.6. The second-order valence-corrected chi connectivity index (χ2v) is 18.2. The zero-order chi connectivity index (χ0) is 45.5. The molecule has 2 aliphatic heterocycles. The number of hydrogen-bond acceptors (Lipinski definition) is 14. The average molecular weight is 926 g/mol. The van der Waals surface area contributed by atoms with Gasteiger partial charge in [-0.3, -0.25) is 25.5 Å². The third-order valence-corrected chi connectivity index (χ3v) is 10.0. The van der Waals surface area contributed by atoms with Crippen LogP contribution in [0.25, 0.3) is 20.9 Å². The number of amides is 3. The lowest BCUT2D eigenvalue weighted by Gasteiger charge is -2.39. The Morgan fingerprint density at radius 1 is 0.787 bits per heavy atom. The molecule has 21 heteroatoms. The first-order chi connectivity index (χ1) is 28.6. The molecule has 0 spiro atoms. The van der Waals surface area contributed by atoms with Crippen LogP contribution in [0.2, 0.25) is 0 Å². The van der Waals surface area contributed by atoms with Crippen LogP contribution in [0.15, 0.2) is 71.4 Å². The van der Waals surface area contributed by atoms with Crippen molar-refractivity contribution >= 4 is 86.9 Å². The summed E-state index contributed by atoms with van der Waals surface area (Å²) in [6.45, 7) is 13.2. The minimum Gasteiger partial charge on any atom is -0.449 e. The monoisotopic (exact) mass is 924 g/mol. The van der Waals surface area contributed by atoms with Crippen molar-refractivity contribution in [1.82, 2.24) is 9.80 Å². The lowest BCUT2D eigenvalue weighted by molar-refractivity contribution is -0.384. The minimum absolute atomic E-state index is 0.00397. The van der Waals surface area contributed by atoms with Crippen LogP contribution in [0.3, 0.4) is 0 Å². The summed E-state index contributed by atoms with van der Waals surface area (Å²) in [5.41, 5.74) is 6.28. The zero-order valence-corrected chi connectivity index (χ0v) is 37.6. The SMILES string of the molecule is CC(C)(C)OC(=O)N1CC(CO)C1.CC(C)(C)OC(=O)N1CC(COC(=O)Nc2cc(-c3cccs3)ccc2[N+](=O)[O-])C1.ClCCl.Nc1cc(-c2cccs2)ccc1[N+](=O)[O-]. The Morgan fingerprint density at radius 2 is 1.23 bits per heavy atom. The highest BCUT2D eigenvalue weighted by molar-refractivity contribution is 7.13. The lowest BCUT2D eigenvalue weighted by atomic mass is 10.0. The molecule has 2 saturated heterocycles. The van der Waals surface area contributed by atoms with Gasteiger partial charge < -0.3 is 34.9 Å². The number of carbonyl (C=O) groups excluding carboxylic acids is 3. The normalized spacial score (nSPS) is 13.6. The van der Waals surface area contributed by atoms with Gasteiger partial charge in [0.1, 0.15) is 22.6 Å². The molecule has 4 heterocycles. The smallest absolute Gasteiger partial charge is 0.411 e. The van der Waals surface area contributed by atoms with Gasteiger partial charge in [0.2, 0.25) is 0 Å². The number of rotatable bonds is 8. The largest absolute Gasteiger partial charge is 0.449 e. The molecule has 0 saturated carbocycles. The molecule has 2 aromatic carbocycles. The van der Waals surface area contributed by atoms with Gasteiger partial charge in [0.15, 0.2) is 0 Å². The van der Waals surface area contributed by atoms with Crippen molar-refractivity contribution in [2.24, 2.45) is 11.8 Å². The molecule has 0 bridgehead atoms. The highest BCUT2D eigenvalue weighted by atomic mass is 35.5. The molecule has 0 aliphatic carbocycles. The fourth-order valence-corrected chi connectivity index (χ4v) is 6.81. The highest BCUT2D eigenvalue weighted by Gasteiger charge is 2.35. The Morgan fingerprint density at radius 3 is 1.62 bits per heavy atom. The van der Waals surface area contributed by atoms with E-state index in [1.807, 2.05) is 55.8 Å². The minimum atomic E-state index is -0.780. The van der Waals surface area contributed by atoms with Crippen molar-refractivity contribution < 1.29 is 43.5 Å². The number of likely N-dealkylation sites (tertiary alicyclic amines) is 2. The molecule has 2 fully saturated rings. The summed E-state index contributed by atoms with van der Waals surface area (Å²) in [6, 6.07) is 17.0. The number of aliphatic hydroxyl groups is 1. The summed E-state index contributed by atoms with van der Waals surface area (Å²) in [5, 5.41) is 37.1. The molecule has 61 heavy (non-hydrogen) atoms. The maximum Gasteiger partial charge on any atom is 0.411 e. The number of carbonyl (C=O) groups is 3. The molecule has 3 amide bonds. The first-order valence-electron chi connectivity index (χ1n) is 18.7. The molecule has 0 unspecified atom stereocenters. The summed E-state index contributed by atoms with van der Waals surface area (Å²) >= 11 is 12.6. The fraction of sp³-hybridized carbons (Fsp3) is 0.425. The molecule has 6 rings (SSSR count). The number of nitrogens with two attached hydrogens (primary N) is 1. The Labute approximate surface area is 371 Å². The van der Waals surface area contributed by atoms with E-state index in [4.69, 9.17) is 48.3 Å². The van der Waals surface area contributed by atoms with Crippen LogP contribution in [-0.4, -0.2) is 99.0 Å². The van der Waals surface area contributed by atoms with Gasteiger partial charge in [-0.05, 0) is 99.8 Å². The summed E-state index contributed by atoms with van der Waals surface area (Å²) in [7, 11) is 0. The standard InChI is InChI=1S/C20H23N3O6S.C10H8N2O2S.C9H17NO3.CH2Cl2/c1-20(2,3)29-19(25)22-10-13(11-22)12-28-18(24)21-15-9-14(17-5-4-8-30-17)6-7-16(15)23(26)27;11-8-6-7(10-2-1-5-15-10)3-4-9(8)12(13)14;1-9(2,3)13-8(12)10-4-7(5-10)6-11;2-1-3/h4-9,13H,10-12H2,1-3H3,(H,21,24);1-6H,11H2;7,11H,4-6H2,1-3H3;1H2. The predicted octanol–water partition coefficient (Wildman–Crippen LogP) is 9.91. The molecule has 0 atom stereocenters. The zero-order valence-electron chi connectivity index (χ0n) is 34.5. The van der Waals surface area contributed by atoms with E-state index in [1.165, 1.54) is 28.4 Å². The fourth-order valence-electron chi connectivity index (χ4n) is 5.36. The molecule has 4 aromatic rings. The van der Waals surface area contributed by atoms with Crippen molar-refractivity contribution in [1.29, 1.82) is 0 Å². The second kappa shape index (κ2) is 23.1. The number of thiophene rings is 2. The van der Waals surface area contributed by atoms with Crippen molar-refractivity contribution in [2.75, 3.05) is 55.8 Å². The van der Waals surface area contributed by atoms with Crippen LogP contribution in [0.1, 0.15) is 41.5 Å². The van der Waals surface area contributed by atoms with E-state index in [9.17, 15) is 34.6 Å². The maximum atomic E-state index is 12.2. The average Bonchev–Trinajstić information content (AvgIpc) is 3.86. The van der Waals surface area contributed by atoms with Crippen molar-refractivity contribution in [3.8, 4) is 20.9 Å². The van der Waals surface area contributed by atoms with Gasteiger partial charge in [-0.15, -0.1) is 45.9 Å². The van der Waals surface area contributed by atoms with Gasteiger partial charge in [-0.2, -0.15) is 0 Å². The summed E-state index contributed by atoms with van der Waals surface area (Å²) in [4.78, 5) is 61.3. The first kappa shape index (κ1) is 50.1. The number of nitrogens with one attached hydrogen (secondary N) is 1. The number of halogens is 2. The molecular weight excluding hydrogens is 876 g/mol. The number of alkyl halides is 2. The van der Waals surface area contributed by atoms with E-state index in [-0.39, 0.29) is 59.2 Å². The topological polar surface area (TPSA) is 230 Å². The number of nitrogen functional groups attached to an aromatic ring is 1. The number of nitro benzene ring substituents is 2. The van der Waals surface area contributed by atoms with Crippen LogP contribution in [0.5, 0.6) is 0 Å². The predicted molar refractivity (Wildman–Crippen MR) is 238 cm³/mol. The van der Waals surface area contributed by atoms with E-state index in [0.29, 0.717) is 26.2 Å². The van der Waals surface area contributed by atoms with E-state index < -0.39 is 33.2 Å². The van der Waals surface area contributed by atoms with Crippen LogP contribution < -0.4 is 11.1 Å². The van der Waals surface area contributed by atoms with Gasteiger partial charge in [0.05, 0.1) is 21.8 Å². The van der Waals surface area contributed by atoms with Crippen molar-refractivity contribution in [2.45, 2.75) is 52.7 Å². The van der Waals surface area contributed by atoms with Crippen LogP contribution in [-0.2, 0) is 14.2 Å². The Hall–Kier alpha value is -5.21. The number of aliphatic hydroxyl groups excluding tert-OH is 1. The number of nitrogens with zero attached hydrogens (tertiary/aromatic N) is 4. The molecule has 17 nitrogen and oxygen atoms in total. The number of nitro groups is 2. The van der Waals surface area contributed by atoms with Gasteiger partial charge in [-0.1, -0.05) is 12.1 Å². The molecule has 2 aromatic heterocycles. The number of benzene rings is 2. The Balaban J connectivity index is 0.000000265. The van der Waals surface area contributed by atoms with Crippen molar-refractivity contribution in [3.05, 3.63) is 91.7 Å². The second-order valence-electron chi connectivity index (χ2n) is 15.5. The number of anilines is 2. The molecular formula is C40H50Cl2N6O11S2. The third kappa shape index (κ3) is 16.6. The van der Waals surface area contributed by atoms with Crippen LogP contribution in [0.4, 0.5) is 37.1 Å². The van der Waals surface area contributed by atoms with Gasteiger partial charge in [-0.25, -0.2) is 14.4 Å².